The van der Waals surface area contributed by atoms with Crippen LogP contribution in [-0.4, -0.2) is 41.9 Å². The first kappa shape index (κ1) is 17.9. The third-order valence-electron chi connectivity index (χ3n) is 3.69. The van der Waals surface area contributed by atoms with Gasteiger partial charge in [0.25, 0.3) is 5.91 Å². The second kappa shape index (κ2) is 8.45. The highest BCUT2D eigenvalue weighted by atomic mass is 32.1. The van der Waals surface area contributed by atoms with Gasteiger partial charge in [-0.1, -0.05) is 6.42 Å². The zero-order chi connectivity index (χ0) is 17.5. The zero-order valence-electron chi connectivity index (χ0n) is 13.4. The Labute approximate surface area is 144 Å². The van der Waals surface area contributed by atoms with E-state index in [-0.39, 0.29) is 12.5 Å². The van der Waals surface area contributed by atoms with Crippen molar-refractivity contribution in [2.45, 2.75) is 38.7 Å². The van der Waals surface area contributed by atoms with E-state index in [1.807, 2.05) is 6.07 Å². The molecule has 0 unspecified atom stereocenters. The fraction of sp³-hybridized carbons (Fsp3) is 0.500. The van der Waals surface area contributed by atoms with Gasteiger partial charge in [-0.3, -0.25) is 14.4 Å². The van der Waals surface area contributed by atoms with Gasteiger partial charge in [-0.15, -0.1) is 11.3 Å². The number of rotatable bonds is 5. The van der Waals surface area contributed by atoms with E-state index in [0.717, 1.165) is 19.3 Å². The maximum absolute atomic E-state index is 12.1. The van der Waals surface area contributed by atoms with Gasteiger partial charge in [0.2, 0.25) is 5.91 Å². The van der Waals surface area contributed by atoms with Gasteiger partial charge in [0.1, 0.15) is 17.6 Å². The molecule has 1 N–H and O–H groups in total. The molecule has 2 heterocycles. The number of hydrogen-bond donors (Lipinski definition) is 1. The van der Waals surface area contributed by atoms with Crippen molar-refractivity contribution in [2.24, 2.45) is 0 Å². The Morgan fingerprint density at radius 2 is 2.25 bits per heavy atom. The maximum atomic E-state index is 12.1. The highest BCUT2D eigenvalue weighted by Gasteiger charge is 2.23. The van der Waals surface area contributed by atoms with Gasteiger partial charge in [0.15, 0.2) is 6.10 Å². The van der Waals surface area contributed by atoms with E-state index in [4.69, 9.17) is 10.00 Å². The summed E-state index contributed by atoms with van der Waals surface area (Å²) in [6.45, 7) is 1.85. The summed E-state index contributed by atoms with van der Waals surface area (Å²) in [5.74, 6) is -1.18. The van der Waals surface area contributed by atoms with Crippen LogP contribution in [0.15, 0.2) is 11.4 Å². The number of esters is 1. The molecule has 0 radical (unpaired) electrons. The quantitative estimate of drug-likeness (QED) is 0.818. The summed E-state index contributed by atoms with van der Waals surface area (Å²) < 4.78 is 5.10. The van der Waals surface area contributed by atoms with E-state index in [1.165, 1.54) is 23.2 Å². The lowest BCUT2D eigenvalue weighted by molar-refractivity contribution is -0.156. The number of ether oxygens (including phenoxy) is 1. The van der Waals surface area contributed by atoms with E-state index in [1.54, 1.807) is 11.4 Å². The predicted molar refractivity (Wildman–Crippen MR) is 88.3 cm³/mol. The van der Waals surface area contributed by atoms with E-state index in [0.29, 0.717) is 23.5 Å². The summed E-state index contributed by atoms with van der Waals surface area (Å²) in [5, 5.41) is 13.6. The van der Waals surface area contributed by atoms with Crippen LogP contribution in [0.25, 0.3) is 0 Å². The Hall–Kier alpha value is -2.40. The van der Waals surface area contributed by atoms with Gasteiger partial charge in [-0.25, -0.2) is 0 Å². The molecule has 0 spiro atoms. The van der Waals surface area contributed by atoms with E-state index < -0.39 is 18.0 Å². The SMILES string of the molecule is C[C@@H](OC(=O)CN1CCCCCC1=O)C(=O)Nc1sccc1C#N. The smallest absolute Gasteiger partial charge is 0.326 e. The topological polar surface area (TPSA) is 99.5 Å². The molecule has 1 aliphatic rings. The fourth-order valence-corrected chi connectivity index (χ4v) is 3.10. The largest absolute Gasteiger partial charge is 0.451 e. The third kappa shape index (κ3) is 4.80. The van der Waals surface area contributed by atoms with Crippen molar-refractivity contribution in [2.75, 3.05) is 18.4 Å². The van der Waals surface area contributed by atoms with Crippen molar-refractivity contribution >= 4 is 34.1 Å². The molecule has 1 fully saturated rings. The lowest BCUT2D eigenvalue weighted by Gasteiger charge is -2.20. The first-order valence-corrected chi connectivity index (χ1v) is 8.65. The summed E-state index contributed by atoms with van der Waals surface area (Å²) >= 11 is 1.22. The number of hydrogen-bond acceptors (Lipinski definition) is 6. The van der Waals surface area contributed by atoms with Crippen LogP contribution in [-0.2, 0) is 19.1 Å². The molecular formula is C16H19N3O4S. The molecule has 128 valence electrons. The summed E-state index contributed by atoms with van der Waals surface area (Å²) in [6.07, 6.45) is 2.11. The molecule has 1 aromatic heterocycles. The molecule has 1 atom stereocenters. The van der Waals surface area contributed by atoms with Crippen molar-refractivity contribution < 1.29 is 19.1 Å². The van der Waals surface area contributed by atoms with Crippen LogP contribution >= 0.6 is 11.3 Å². The number of carbonyl (C=O) groups is 3. The number of likely N-dealkylation sites (tertiary alicyclic amines) is 1. The Bertz CT molecular complexity index is 665. The van der Waals surface area contributed by atoms with E-state index in [2.05, 4.69) is 5.32 Å². The predicted octanol–water partition coefficient (Wildman–Crippen LogP) is 1.89. The molecule has 0 bridgehead atoms. The molecule has 8 heteroatoms. The fourth-order valence-electron chi connectivity index (χ4n) is 2.36. The number of amides is 2. The van der Waals surface area contributed by atoms with Gasteiger partial charge in [0, 0.05) is 13.0 Å². The average Bonchev–Trinajstić information content (AvgIpc) is 2.90. The Morgan fingerprint density at radius 3 is 3.00 bits per heavy atom. The van der Waals surface area contributed by atoms with Gasteiger partial charge in [-0.05, 0) is 31.2 Å². The number of nitrogens with one attached hydrogen (secondary N) is 1. The van der Waals surface area contributed by atoms with Crippen LogP contribution in [0, 0.1) is 11.3 Å². The molecule has 24 heavy (non-hydrogen) atoms. The number of carbonyl (C=O) groups excluding carboxylic acids is 3. The number of anilines is 1. The Balaban J connectivity index is 1.85. The molecule has 1 aliphatic heterocycles. The van der Waals surface area contributed by atoms with Crippen molar-refractivity contribution in [1.29, 1.82) is 5.26 Å². The first-order chi connectivity index (χ1) is 11.5. The van der Waals surface area contributed by atoms with Crippen LogP contribution in [0.2, 0.25) is 0 Å². The number of nitrogens with zero attached hydrogens (tertiary/aromatic N) is 2. The maximum Gasteiger partial charge on any atom is 0.326 e. The molecule has 0 saturated carbocycles. The van der Waals surface area contributed by atoms with Crippen LogP contribution in [0.5, 0.6) is 0 Å². The van der Waals surface area contributed by atoms with Crippen molar-refractivity contribution in [3.8, 4) is 6.07 Å². The number of thiophene rings is 1. The molecule has 2 rings (SSSR count). The first-order valence-electron chi connectivity index (χ1n) is 7.77. The lowest BCUT2D eigenvalue weighted by Crippen LogP contribution is -2.38. The molecule has 1 saturated heterocycles. The van der Waals surface area contributed by atoms with Gasteiger partial charge in [0.05, 0.1) is 5.56 Å². The molecular weight excluding hydrogens is 330 g/mol. The van der Waals surface area contributed by atoms with Gasteiger partial charge in [-0.2, -0.15) is 5.26 Å². The normalized spacial score (nSPS) is 16.0. The standard InChI is InChI=1S/C16H19N3O4S/c1-11(15(22)18-16-12(9-17)6-8-24-16)23-14(21)10-19-7-4-2-3-5-13(19)20/h6,8,11H,2-5,7,10H2,1H3,(H,18,22)/t11-/m1/s1. The monoisotopic (exact) mass is 349 g/mol. The van der Waals surface area contributed by atoms with Crippen LogP contribution in [0.4, 0.5) is 5.00 Å². The zero-order valence-corrected chi connectivity index (χ0v) is 14.2. The minimum atomic E-state index is -1.01. The molecule has 0 aromatic carbocycles. The van der Waals surface area contributed by atoms with Gasteiger partial charge < -0.3 is 15.0 Å². The van der Waals surface area contributed by atoms with Crippen molar-refractivity contribution in [1.82, 2.24) is 4.90 Å². The van der Waals surface area contributed by atoms with E-state index >= 15 is 0 Å². The summed E-state index contributed by atoms with van der Waals surface area (Å²) in [4.78, 5) is 37.4. The highest BCUT2D eigenvalue weighted by molar-refractivity contribution is 7.14. The van der Waals surface area contributed by atoms with Crippen LogP contribution < -0.4 is 5.32 Å². The Morgan fingerprint density at radius 1 is 1.46 bits per heavy atom. The summed E-state index contributed by atoms with van der Waals surface area (Å²) in [7, 11) is 0. The third-order valence-corrected chi connectivity index (χ3v) is 4.52. The molecule has 2 amide bonds. The van der Waals surface area contributed by atoms with Crippen molar-refractivity contribution in [3.05, 3.63) is 17.0 Å². The van der Waals surface area contributed by atoms with Crippen LogP contribution in [0.3, 0.4) is 0 Å². The average molecular weight is 349 g/mol. The lowest BCUT2D eigenvalue weighted by atomic mass is 10.2. The minimum Gasteiger partial charge on any atom is -0.451 e. The van der Waals surface area contributed by atoms with Crippen LogP contribution in [0.1, 0.15) is 38.2 Å². The summed E-state index contributed by atoms with van der Waals surface area (Å²) in [5.41, 5.74) is 0.363. The second-order valence-electron chi connectivity index (χ2n) is 5.52. The number of nitriles is 1. The van der Waals surface area contributed by atoms with Crippen molar-refractivity contribution in [3.63, 3.8) is 0 Å². The Kier molecular flexibility index (Phi) is 6.32. The molecule has 7 nitrogen and oxygen atoms in total. The van der Waals surface area contributed by atoms with Gasteiger partial charge >= 0.3 is 5.97 Å². The highest BCUT2D eigenvalue weighted by Crippen LogP contribution is 2.22. The minimum absolute atomic E-state index is 0.0567. The second-order valence-corrected chi connectivity index (χ2v) is 6.44. The summed E-state index contributed by atoms with van der Waals surface area (Å²) in [6, 6.07) is 3.57. The molecule has 0 aliphatic carbocycles. The molecule has 1 aromatic rings. The van der Waals surface area contributed by atoms with E-state index in [9.17, 15) is 14.4 Å².